The van der Waals surface area contributed by atoms with Gasteiger partial charge in [0, 0.05) is 18.1 Å². The molecule has 118 valence electrons. The largest absolute Gasteiger partial charge is 0.477 e. The Bertz CT molecular complexity index is 659. The molecule has 3 rings (SSSR count). The minimum Gasteiger partial charge on any atom is -0.477 e. The number of nitrogens with two attached hydrogens (primary N) is 1. The third-order valence-corrected chi connectivity index (χ3v) is 6.02. The molecule has 22 heavy (non-hydrogen) atoms. The molecule has 0 bridgehead atoms. The first-order chi connectivity index (χ1) is 10.5. The summed E-state index contributed by atoms with van der Waals surface area (Å²) < 4.78 is 1.88. The van der Waals surface area contributed by atoms with Crippen molar-refractivity contribution in [1.82, 2.24) is 19.7 Å². The van der Waals surface area contributed by atoms with Crippen LogP contribution in [0.2, 0.25) is 0 Å². The minimum absolute atomic E-state index is 0.0745. The number of β-lactam (4-membered cyclic amide) rings is 1. The number of carboxylic acid groups (broad SMARTS) is 1. The lowest BCUT2D eigenvalue weighted by atomic mass is 10.0. The highest BCUT2D eigenvalue weighted by atomic mass is 32.2. The van der Waals surface area contributed by atoms with E-state index in [2.05, 4.69) is 10.2 Å². The summed E-state index contributed by atoms with van der Waals surface area (Å²) in [5.41, 5.74) is 6.51. The summed E-state index contributed by atoms with van der Waals surface area (Å²) >= 11 is 2.92. The monoisotopic (exact) mass is 341 g/mol. The molecule has 1 fully saturated rings. The lowest BCUT2D eigenvalue weighted by Crippen LogP contribution is -2.68. The zero-order chi connectivity index (χ0) is 15.9. The van der Waals surface area contributed by atoms with Crippen LogP contribution in [0, 0.1) is 0 Å². The number of aromatic nitrogens is 3. The SMILES string of the molecule is CCn1cnnc1SCC1=C(C(=O)O)N2C(=O)C(N)[C@@H]2SC1. The first kappa shape index (κ1) is 15.4. The quantitative estimate of drug-likeness (QED) is 0.567. The van der Waals surface area contributed by atoms with Crippen molar-refractivity contribution >= 4 is 35.4 Å². The Kier molecular flexibility index (Phi) is 4.15. The molecular formula is C12H15N5O3S2. The Hall–Kier alpha value is -1.52. The maximum absolute atomic E-state index is 11.8. The van der Waals surface area contributed by atoms with Gasteiger partial charge in [-0.05, 0) is 12.5 Å². The van der Waals surface area contributed by atoms with E-state index in [0.29, 0.717) is 17.1 Å². The molecule has 1 unspecified atom stereocenters. The molecule has 3 heterocycles. The molecule has 2 atom stereocenters. The second kappa shape index (κ2) is 5.94. The Morgan fingerprint density at radius 3 is 3.09 bits per heavy atom. The van der Waals surface area contributed by atoms with Crippen molar-refractivity contribution in [2.24, 2.45) is 5.73 Å². The van der Waals surface area contributed by atoms with Crippen molar-refractivity contribution in [3.8, 4) is 0 Å². The van der Waals surface area contributed by atoms with Gasteiger partial charge in [-0.15, -0.1) is 22.0 Å². The number of aryl methyl sites for hydroxylation is 1. The molecule has 0 spiro atoms. The zero-order valence-electron chi connectivity index (χ0n) is 11.8. The fourth-order valence-electron chi connectivity index (χ4n) is 2.42. The van der Waals surface area contributed by atoms with Crippen molar-refractivity contribution in [2.45, 2.75) is 30.0 Å². The first-order valence-corrected chi connectivity index (χ1v) is 8.74. The third-order valence-electron chi connectivity index (χ3n) is 3.59. The van der Waals surface area contributed by atoms with Crippen molar-refractivity contribution in [2.75, 3.05) is 11.5 Å². The van der Waals surface area contributed by atoms with E-state index in [1.165, 1.54) is 28.4 Å². The van der Waals surface area contributed by atoms with E-state index in [4.69, 9.17) is 5.73 Å². The number of rotatable bonds is 5. The van der Waals surface area contributed by atoms with Crippen molar-refractivity contribution < 1.29 is 14.7 Å². The Labute approximate surface area is 135 Å². The summed E-state index contributed by atoms with van der Waals surface area (Å²) in [5.74, 6) is -0.400. The van der Waals surface area contributed by atoms with Gasteiger partial charge in [-0.3, -0.25) is 9.69 Å². The van der Waals surface area contributed by atoms with Crippen LogP contribution in [-0.4, -0.2) is 59.6 Å². The molecule has 0 aliphatic carbocycles. The van der Waals surface area contributed by atoms with E-state index in [1.807, 2.05) is 11.5 Å². The number of hydrogen-bond acceptors (Lipinski definition) is 7. The number of amides is 1. The summed E-state index contributed by atoms with van der Waals surface area (Å²) in [6.07, 6.45) is 1.64. The van der Waals surface area contributed by atoms with Crippen molar-refractivity contribution in [3.05, 3.63) is 17.6 Å². The molecule has 1 aromatic heterocycles. The van der Waals surface area contributed by atoms with Crippen LogP contribution in [0.15, 0.2) is 22.8 Å². The predicted molar refractivity (Wildman–Crippen MR) is 82.1 cm³/mol. The molecule has 0 radical (unpaired) electrons. The molecular weight excluding hydrogens is 326 g/mol. The van der Waals surface area contributed by atoms with Crippen LogP contribution in [0.25, 0.3) is 0 Å². The highest BCUT2D eigenvalue weighted by Gasteiger charge is 2.51. The number of fused-ring (bicyclic) bond motifs is 1. The summed E-state index contributed by atoms with van der Waals surface area (Å²) in [7, 11) is 0. The van der Waals surface area contributed by atoms with Crippen LogP contribution in [0.1, 0.15) is 6.92 Å². The van der Waals surface area contributed by atoms with E-state index in [-0.39, 0.29) is 17.0 Å². The highest BCUT2D eigenvalue weighted by Crippen LogP contribution is 2.40. The lowest BCUT2D eigenvalue weighted by Gasteiger charge is -2.48. The molecule has 2 aliphatic rings. The third kappa shape index (κ3) is 2.40. The molecule has 10 heteroatoms. The molecule has 8 nitrogen and oxygen atoms in total. The molecule has 0 aromatic carbocycles. The summed E-state index contributed by atoms with van der Waals surface area (Å²) in [4.78, 5) is 24.7. The highest BCUT2D eigenvalue weighted by molar-refractivity contribution is 8.01. The standard InChI is InChI=1S/C12H15N5O3S2/c1-2-16-5-14-15-12(16)22-4-6-3-21-10-7(13)9(18)17(10)8(6)11(19)20/h5,7,10H,2-4,13H2,1H3,(H,19,20)/t7?,10-/m0/s1. The van der Waals surface area contributed by atoms with Gasteiger partial charge in [0.25, 0.3) is 0 Å². The van der Waals surface area contributed by atoms with Crippen LogP contribution < -0.4 is 5.73 Å². The van der Waals surface area contributed by atoms with Gasteiger partial charge in [0.1, 0.15) is 23.4 Å². The Balaban J connectivity index is 1.81. The van der Waals surface area contributed by atoms with Crippen LogP contribution in [0.5, 0.6) is 0 Å². The lowest BCUT2D eigenvalue weighted by molar-refractivity contribution is -0.147. The van der Waals surface area contributed by atoms with Gasteiger partial charge in [-0.25, -0.2) is 4.79 Å². The smallest absolute Gasteiger partial charge is 0.352 e. The Morgan fingerprint density at radius 2 is 2.41 bits per heavy atom. The molecule has 1 aromatic rings. The normalized spacial score (nSPS) is 24.3. The van der Waals surface area contributed by atoms with E-state index < -0.39 is 12.0 Å². The van der Waals surface area contributed by atoms with Crippen LogP contribution in [0.3, 0.4) is 0 Å². The van der Waals surface area contributed by atoms with Gasteiger partial charge in [0.15, 0.2) is 5.16 Å². The van der Waals surface area contributed by atoms with Crippen molar-refractivity contribution in [3.63, 3.8) is 0 Å². The van der Waals surface area contributed by atoms with E-state index in [9.17, 15) is 14.7 Å². The van der Waals surface area contributed by atoms with Crippen LogP contribution in [-0.2, 0) is 16.1 Å². The van der Waals surface area contributed by atoms with Gasteiger partial charge in [-0.1, -0.05) is 11.8 Å². The number of carboxylic acids is 1. The molecule has 2 aliphatic heterocycles. The van der Waals surface area contributed by atoms with Gasteiger partial charge in [-0.2, -0.15) is 0 Å². The topological polar surface area (TPSA) is 114 Å². The Morgan fingerprint density at radius 1 is 1.64 bits per heavy atom. The van der Waals surface area contributed by atoms with Gasteiger partial charge in [0.2, 0.25) is 5.91 Å². The number of carbonyl (C=O) groups excluding carboxylic acids is 1. The first-order valence-electron chi connectivity index (χ1n) is 6.70. The minimum atomic E-state index is -1.09. The fourth-order valence-corrected chi connectivity index (χ4v) is 4.83. The maximum atomic E-state index is 11.8. The van der Waals surface area contributed by atoms with Gasteiger partial charge >= 0.3 is 5.97 Å². The maximum Gasteiger partial charge on any atom is 0.352 e. The summed E-state index contributed by atoms with van der Waals surface area (Å²) in [5, 5.41) is 17.8. The molecule has 0 saturated carbocycles. The summed E-state index contributed by atoms with van der Waals surface area (Å²) in [6, 6.07) is -0.600. The molecule has 1 amide bonds. The second-order valence-corrected chi connectivity index (χ2v) is 6.93. The second-order valence-electron chi connectivity index (χ2n) is 4.88. The number of hydrogen-bond donors (Lipinski definition) is 2. The fraction of sp³-hybridized carbons (Fsp3) is 0.500. The van der Waals surface area contributed by atoms with Gasteiger partial charge < -0.3 is 15.4 Å². The number of thioether (sulfide) groups is 2. The van der Waals surface area contributed by atoms with E-state index >= 15 is 0 Å². The molecule has 1 saturated heterocycles. The van der Waals surface area contributed by atoms with E-state index in [0.717, 1.165) is 11.7 Å². The average molecular weight is 341 g/mol. The van der Waals surface area contributed by atoms with E-state index in [1.54, 1.807) is 6.33 Å². The van der Waals surface area contributed by atoms with Gasteiger partial charge in [0.05, 0.1) is 0 Å². The molecule has 3 N–H and O–H groups in total. The number of aliphatic carboxylic acids is 1. The summed E-state index contributed by atoms with van der Waals surface area (Å²) in [6.45, 7) is 2.73. The van der Waals surface area contributed by atoms with Crippen molar-refractivity contribution in [1.29, 1.82) is 0 Å². The number of carbonyl (C=O) groups is 2. The van der Waals surface area contributed by atoms with Crippen LogP contribution >= 0.6 is 23.5 Å². The predicted octanol–water partition coefficient (Wildman–Crippen LogP) is -0.0288. The van der Waals surface area contributed by atoms with Crippen LogP contribution in [0.4, 0.5) is 0 Å². The zero-order valence-corrected chi connectivity index (χ0v) is 13.4. The number of nitrogens with zero attached hydrogens (tertiary/aromatic N) is 4. The average Bonchev–Trinajstić information content (AvgIpc) is 2.98.